The lowest BCUT2D eigenvalue weighted by Crippen LogP contribution is -2.24. The van der Waals surface area contributed by atoms with E-state index >= 15 is 0 Å². The molecule has 30 heavy (non-hydrogen) atoms. The van der Waals surface area contributed by atoms with Gasteiger partial charge in [0.05, 0.1) is 18.3 Å². The van der Waals surface area contributed by atoms with Gasteiger partial charge in [0.25, 0.3) is 0 Å². The van der Waals surface area contributed by atoms with Crippen LogP contribution < -0.4 is 20.2 Å². The second-order valence-corrected chi connectivity index (χ2v) is 6.75. The van der Waals surface area contributed by atoms with Crippen molar-refractivity contribution in [2.24, 2.45) is 5.10 Å². The predicted octanol–water partition coefficient (Wildman–Crippen LogP) is 3.46. The zero-order valence-electron chi connectivity index (χ0n) is 16.9. The molecule has 2 amide bonds. The molecular weight excluding hydrogens is 406 g/mol. The zero-order valence-corrected chi connectivity index (χ0v) is 17.7. The lowest BCUT2D eigenvalue weighted by molar-refractivity contribution is -0.126. The second kappa shape index (κ2) is 10.9. The first-order chi connectivity index (χ1) is 14.3. The van der Waals surface area contributed by atoms with Crippen LogP contribution in [0.1, 0.15) is 23.1 Å². The number of hydrazone groups is 1. The number of nitrogens with zero attached hydrogens (tertiary/aromatic N) is 1. The Hall–Kier alpha value is -3.50. The molecule has 0 aliphatic carbocycles. The third kappa shape index (κ3) is 6.54. The number of carbonyl (C=O) groups excluding carboxylic acids is 2. The highest BCUT2D eigenvalue weighted by Gasteiger charge is 2.12. The van der Waals surface area contributed by atoms with E-state index in [0.717, 1.165) is 11.1 Å². The summed E-state index contributed by atoms with van der Waals surface area (Å²) < 4.78 is 10.6. The van der Waals surface area contributed by atoms with Crippen LogP contribution in [0.15, 0.2) is 35.4 Å². The number of carbonyl (C=O) groups is 2. The lowest BCUT2D eigenvalue weighted by Gasteiger charge is -2.11. The molecule has 0 heterocycles. The Morgan fingerprint density at radius 3 is 2.63 bits per heavy atom. The van der Waals surface area contributed by atoms with Gasteiger partial charge in [0.1, 0.15) is 13.0 Å². The molecule has 0 radical (unpaired) electrons. The molecule has 0 saturated heterocycles. The summed E-state index contributed by atoms with van der Waals surface area (Å²) in [6, 6.07) is 8.73. The summed E-state index contributed by atoms with van der Waals surface area (Å²) in [5, 5.41) is 6.81. The van der Waals surface area contributed by atoms with Gasteiger partial charge in [-0.15, -0.1) is 6.42 Å². The predicted molar refractivity (Wildman–Crippen MR) is 117 cm³/mol. The molecular formula is C22H22ClN3O4. The summed E-state index contributed by atoms with van der Waals surface area (Å²) >= 11 is 6.18. The maximum absolute atomic E-state index is 12.0. The molecule has 0 fully saturated rings. The molecule has 2 aromatic carbocycles. The van der Waals surface area contributed by atoms with Crippen LogP contribution in [-0.4, -0.2) is 31.7 Å². The number of amides is 2. The van der Waals surface area contributed by atoms with Gasteiger partial charge in [-0.05, 0) is 54.8 Å². The number of hydrogen-bond acceptors (Lipinski definition) is 5. The largest absolute Gasteiger partial charge is 0.493 e. The van der Waals surface area contributed by atoms with Crippen LogP contribution in [0.3, 0.4) is 0 Å². The van der Waals surface area contributed by atoms with E-state index in [1.165, 1.54) is 13.3 Å². The average molecular weight is 428 g/mol. The fraction of sp³-hybridized carbons (Fsp3) is 0.227. The number of ether oxygens (including phenoxy) is 2. The zero-order chi connectivity index (χ0) is 22.1. The molecule has 2 rings (SSSR count). The van der Waals surface area contributed by atoms with Gasteiger partial charge in [-0.25, -0.2) is 5.43 Å². The van der Waals surface area contributed by atoms with Crippen molar-refractivity contribution in [2.45, 2.75) is 20.3 Å². The van der Waals surface area contributed by atoms with Crippen molar-refractivity contribution >= 4 is 35.3 Å². The Labute approximate surface area is 180 Å². The first-order valence-electron chi connectivity index (χ1n) is 8.96. The quantitative estimate of drug-likeness (QED) is 0.292. The Morgan fingerprint density at radius 2 is 1.97 bits per heavy atom. The van der Waals surface area contributed by atoms with E-state index in [9.17, 15) is 9.59 Å². The van der Waals surface area contributed by atoms with Crippen LogP contribution in [0.2, 0.25) is 5.02 Å². The number of anilines is 1. The van der Waals surface area contributed by atoms with Gasteiger partial charge in [-0.3, -0.25) is 9.59 Å². The lowest BCUT2D eigenvalue weighted by atomic mass is 10.1. The molecule has 2 aromatic rings. The number of methoxy groups -OCH3 is 1. The minimum Gasteiger partial charge on any atom is -0.493 e. The number of halogens is 1. The first kappa shape index (κ1) is 22.8. The fourth-order valence-corrected chi connectivity index (χ4v) is 2.73. The van der Waals surface area contributed by atoms with Crippen LogP contribution in [0.5, 0.6) is 11.5 Å². The van der Waals surface area contributed by atoms with E-state index in [0.29, 0.717) is 22.7 Å². The number of terminal acetylenes is 1. The minimum atomic E-state index is -0.556. The van der Waals surface area contributed by atoms with Gasteiger partial charge >= 0.3 is 0 Å². The van der Waals surface area contributed by atoms with Crippen molar-refractivity contribution < 1.29 is 19.1 Å². The smallest absolute Gasteiger partial charge is 0.249 e. The molecule has 0 aromatic heterocycles. The van der Waals surface area contributed by atoms with Crippen molar-refractivity contribution in [3.8, 4) is 23.8 Å². The maximum atomic E-state index is 12.0. The van der Waals surface area contributed by atoms with Gasteiger partial charge in [-0.1, -0.05) is 23.6 Å². The summed E-state index contributed by atoms with van der Waals surface area (Å²) in [5.74, 6) is 2.05. The van der Waals surface area contributed by atoms with Crippen molar-refractivity contribution in [2.75, 3.05) is 19.0 Å². The van der Waals surface area contributed by atoms with E-state index in [1.807, 2.05) is 26.0 Å². The molecule has 0 atom stereocenters. The van der Waals surface area contributed by atoms with E-state index in [2.05, 4.69) is 21.8 Å². The number of aryl methyl sites for hydroxylation is 2. The second-order valence-electron chi connectivity index (χ2n) is 6.34. The molecule has 0 aliphatic heterocycles. The SMILES string of the molecule is C#CCOc1c(Cl)cc(C=NNC(=O)CC(=O)Nc2ccc(C)c(C)c2)cc1OC. The normalized spacial score (nSPS) is 10.4. The van der Waals surface area contributed by atoms with Gasteiger partial charge in [0, 0.05) is 5.69 Å². The molecule has 2 N–H and O–H groups in total. The molecule has 0 unspecified atom stereocenters. The van der Waals surface area contributed by atoms with Crippen molar-refractivity contribution in [3.05, 3.63) is 52.0 Å². The van der Waals surface area contributed by atoms with Crippen molar-refractivity contribution in [3.63, 3.8) is 0 Å². The first-order valence-corrected chi connectivity index (χ1v) is 9.34. The molecule has 0 bridgehead atoms. The Kier molecular flexibility index (Phi) is 8.27. The topological polar surface area (TPSA) is 89.0 Å². The summed E-state index contributed by atoms with van der Waals surface area (Å²) in [6.07, 6.45) is 6.19. The highest BCUT2D eigenvalue weighted by Crippen LogP contribution is 2.35. The Morgan fingerprint density at radius 1 is 1.20 bits per heavy atom. The molecule has 8 heteroatoms. The fourth-order valence-electron chi connectivity index (χ4n) is 2.46. The van der Waals surface area contributed by atoms with Gasteiger partial charge < -0.3 is 14.8 Å². The Balaban J connectivity index is 1.93. The van der Waals surface area contributed by atoms with Crippen LogP contribution in [0, 0.1) is 26.2 Å². The third-order valence-corrected chi connectivity index (χ3v) is 4.35. The molecule has 0 aliphatic rings. The van der Waals surface area contributed by atoms with E-state index in [-0.39, 0.29) is 18.1 Å². The summed E-state index contributed by atoms with van der Waals surface area (Å²) in [6.45, 7) is 3.97. The highest BCUT2D eigenvalue weighted by molar-refractivity contribution is 6.32. The van der Waals surface area contributed by atoms with E-state index in [4.69, 9.17) is 27.5 Å². The number of hydrogen-bond donors (Lipinski definition) is 2. The Bertz CT molecular complexity index is 1010. The van der Waals surface area contributed by atoms with Crippen molar-refractivity contribution in [1.29, 1.82) is 0 Å². The third-order valence-electron chi connectivity index (χ3n) is 4.07. The number of benzene rings is 2. The maximum Gasteiger partial charge on any atom is 0.249 e. The van der Waals surface area contributed by atoms with Crippen LogP contribution >= 0.6 is 11.6 Å². The highest BCUT2D eigenvalue weighted by atomic mass is 35.5. The molecule has 0 spiro atoms. The van der Waals surface area contributed by atoms with Crippen LogP contribution in [0.4, 0.5) is 5.69 Å². The van der Waals surface area contributed by atoms with E-state index in [1.54, 1.807) is 18.2 Å². The summed E-state index contributed by atoms with van der Waals surface area (Å²) in [5.41, 5.74) is 5.66. The molecule has 7 nitrogen and oxygen atoms in total. The van der Waals surface area contributed by atoms with Gasteiger partial charge in [0.15, 0.2) is 11.5 Å². The average Bonchev–Trinajstić information content (AvgIpc) is 2.69. The number of nitrogens with one attached hydrogen (secondary N) is 2. The van der Waals surface area contributed by atoms with Gasteiger partial charge in [-0.2, -0.15) is 5.10 Å². The van der Waals surface area contributed by atoms with Crippen LogP contribution in [-0.2, 0) is 9.59 Å². The minimum absolute atomic E-state index is 0.0454. The van der Waals surface area contributed by atoms with Gasteiger partial charge in [0.2, 0.25) is 11.8 Å². The monoisotopic (exact) mass is 427 g/mol. The summed E-state index contributed by atoms with van der Waals surface area (Å²) in [4.78, 5) is 24.0. The number of rotatable bonds is 8. The van der Waals surface area contributed by atoms with Crippen LogP contribution in [0.25, 0.3) is 0 Å². The molecule has 156 valence electrons. The van der Waals surface area contributed by atoms with Crippen molar-refractivity contribution in [1.82, 2.24) is 5.43 Å². The molecule has 0 saturated carbocycles. The standard InChI is InChI=1S/C22H22ClN3O4/c1-5-8-30-22-18(23)10-16(11-19(22)29-4)13-24-26-21(28)12-20(27)25-17-7-6-14(2)15(3)9-17/h1,6-7,9-11,13H,8,12H2,2-4H3,(H,25,27)(H,26,28). The summed E-state index contributed by atoms with van der Waals surface area (Å²) in [7, 11) is 1.46. The van der Waals surface area contributed by atoms with E-state index < -0.39 is 11.8 Å².